The van der Waals surface area contributed by atoms with Crippen molar-refractivity contribution in [2.75, 3.05) is 12.8 Å². The van der Waals surface area contributed by atoms with Gasteiger partial charge in [-0.3, -0.25) is 0 Å². The van der Waals surface area contributed by atoms with Crippen LogP contribution >= 0.6 is 11.8 Å². The van der Waals surface area contributed by atoms with E-state index < -0.39 is 5.60 Å². The van der Waals surface area contributed by atoms with Crippen molar-refractivity contribution in [3.63, 3.8) is 0 Å². The van der Waals surface area contributed by atoms with Crippen molar-refractivity contribution in [3.05, 3.63) is 0 Å². The van der Waals surface area contributed by atoms with Gasteiger partial charge in [0.2, 0.25) is 0 Å². The highest BCUT2D eigenvalue weighted by atomic mass is 32.2. The number of aliphatic hydroxyl groups is 1. The van der Waals surface area contributed by atoms with Crippen LogP contribution in [-0.4, -0.2) is 28.8 Å². The standard InChI is InChI=1S/C9H19NOS/c1-8(2,6-10)9(11)4-7(5-9)12-3/h7,11H,4-6,10H2,1-3H3. The van der Waals surface area contributed by atoms with Crippen LogP contribution in [0.4, 0.5) is 0 Å². The Kier molecular flexibility index (Phi) is 2.76. The molecule has 1 aliphatic rings. The van der Waals surface area contributed by atoms with E-state index in [1.807, 2.05) is 25.6 Å². The molecule has 0 saturated heterocycles. The van der Waals surface area contributed by atoms with Crippen LogP contribution in [0.5, 0.6) is 0 Å². The minimum absolute atomic E-state index is 0.126. The fourth-order valence-corrected chi connectivity index (χ4v) is 2.49. The molecule has 1 fully saturated rings. The fraction of sp³-hybridized carbons (Fsp3) is 1.00. The van der Waals surface area contributed by atoms with Crippen molar-refractivity contribution >= 4 is 11.8 Å². The average Bonchev–Trinajstić information content (AvgIpc) is 1.98. The Hall–Kier alpha value is 0.270. The summed E-state index contributed by atoms with van der Waals surface area (Å²) in [6.45, 7) is 4.65. The lowest BCUT2D eigenvalue weighted by Crippen LogP contribution is -2.58. The van der Waals surface area contributed by atoms with Gasteiger partial charge < -0.3 is 10.8 Å². The number of hydrogen-bond acceptors (Lipinski definition) is 3. The van der Waals surface area contributed by atoms with Gasteiger partial charge in [0, 0.05) is 17.2 Å². The highest BCUT2D eigenvalue weighted by molar-refractivity contribution is 7.99. The zero-order valence-electron chi connectivity index (χ0n) is 8.13. The maximum absolute atomic E-state index is 10.1. The molecule has 2 nitrogen and oxygen atoms in total. The van der Waals surface area contributed by atoms with Gasteiger partial charge in [-0.2, -0.15) is 11.8 Å². The van der Waals surface area contributed by atoms with Crippen molar-refractivity contribution in [2.45, 2.75) is 37.5 Å². The van der Waals surface area contributed by atoms with Crippen molar-refractivity contribution < 1.29 is 5.11 Å². The fourth-order valence-electron chi connectivity index (χ4n) is 1.60. The topological polar surface area (TPSA) is 46.2 Å². The van der Waals surface area contributed by atoms with Gasteiger partial charge in [-0.15, -0.1) is 0 Å². The zero-order chi connectivity index (χ0) is 9.41. The quantitative estimate of drug-likeness (QED) is 0.702. The Morgan fingerprint density at radius 3 is 2.42 bits per heavy atom. The first-order valence-corrected chi connectivity index (χ1v) is 5.69. The molecule has 1 aliphatic carbocycles. The number of thioether (sulfide) groups is 1. The molecule has 0 atom stereocenters. The maximum atomic E-state index is 10.1. The van der Waals surface area contributed by atoms with Crippen LogP contribution in [0.2, 0.25) is 0 Å². The summed E-state index contributed by atoms with van der Waals surface area (Å²) in [5.41, 5.74) is 4.99. The normalized spacial score (nSPS) is 36.2. The number of hydrogen-bond donors (Lipinski definition) is 2. The van der Waals surface area contributed by atoms with Gasteiger partial charge in [-0.25, -0.2) is 0 Å². The third-order valence-electron chi connectivity index (χ3n) is 3.23. The summed E-state index contributed by atoms with van der Waals surface area (Å²) in [4.78, 5) is 0. The minimum atomic E-state index is -0.505. The minimum Gasteiger partial charge on any atom is -0.389 e. The summed E-state index contributed by atoms with van der Waals surface area (Å²) in [6.07, 6.45) is 3.90. The smallest absolute Gasteiger partial charge is 0.0731 e. The van der Waals surface area contributed by atoms with Gasteiger partial charge in [0.1, 0.15) is 0 Å². The molecule has 0 aromatic rings. The molecule has 12 heavy (non-hydrogen) atoms. The molecule has 1 saturated carbocycles. The Bertz CT molecular complexity index is 164. The molecular formula is C9H19NOS. The molecule has 0 bridgehead atoms. The molecular weight excluding hydrogens is 170 g/mol. The van der Waals surface area contributed by atoms with E-state index in [1.165, 1.54) is 0 Å². The highest BCUT2D eigenvalue weighted by Crippen LogP contribution is 2.49. The Balaban J connectivity index is 2.54. The second kappa shape index (κ2) is 3.20. The summed E-state index contributed by atoms with van der Waals surface area (Å²) in [5, 5.41) is 10.8. The van der Waals surface area contributed by atoms with E-state index in [-0.39, 0.29) is 5.41 Å². The van der Waals surface area contributed by atoms with Crippen LogP contribution in [0.15, 0.2) is 0 Å². The van der Waals surface area contributed by atoms with Crippen molar-refractivity contribution in [3.8, 4) is 0 Å². The number of rotatable bonds is 3. The van der Waals surface area contributed by atoms with Gasteiger partial charge >= 0.3 is 0 Å². The lowest BCUT2D eigenvalue weighted by molar-refractivity contribution is -0.116. The zero-order valence-corrected chi connectivity index (χ0v) is 8.95. The molecule has 0 aromatic heterocycles. The van der Waals surface area contributed by atoms with E-state index in [0.29, 0.717) is 11.8 Å². The van der Waals surface area contributed by atoms with Crippen LogP contribution in [0.1, 0.15) is 26.7 Å². The maximum Gasteiger partial charge on any atom is 0.0731 e. The molecule has 1 rings (SSSR count). The monoisotopic (exact) mass is 189 g/mol. The summed E-state index contributed by atoms with van der Waals surface area (Å²) in [6, 6.07) is 0. The van der Waals surface area contributed by atoms with Gasteiger partial charge in [0.05, 0.1) is 5.60 Å². The van der Waals surface area contributed by atoms with Gasteiger partial charge in [-0.1, -0.05) is 13.8 Å². The molecule has 0 unspecified atom stereocenters. The third-order valence-corrected chi connectivity index (χ3v) is 4.23. The number of nitrogens with two attached hydrogens (primary N) is 1. The Morgan fingerprint density at radius 2 is 2.08 bits per heavy atom. The van der Waals surface area contributed by atoms with E-state index in [9.17, 15) is 5.11 Å². The van der Waals surface area contributed by atoms with E-state index >= 15 is 0 Å². The molecule has 0 spiro atoms. The third kappa shape index (κ3) is 1.50. The van der Waals surface area contributed by atoms with Crippen LogP contribution in [0.25, 0.3) is 0 Å². The summed E-state index contributed by atoms with van der Waals surface area (Å²) >= 11 is 1.84. The molecule has 0 heterocycles. The van der Waals surface area contributed by atoms with Gasteiger partial charge in [0.25, 0.3) is 0 Å². The lowest BCUT2D eigenvalue weighted by Gasteiger charge is -2.52. The van der Waals surface area contributed by atoms with Crippen LogP contribution in [-0.2, 0) is 0 Å². The van der Waals surface area contributed by atoms with E-state index in [0.717, 1.165) is 12.8 Å². The largest absolute Gasteiger partial charge is 0.389 e. The molecule has 3 N–H and O–H groups in total. The highest BCUT2D eigenvalue weighted by Gasteiger charge is 2.51. The first kappa shape index (κ1) is 10.4. The van der Waals surface area contributed by atoms with Crippen molar-refractivity contribution in [1.29, 1.82) is 0 Å². The Labute approximate surface area is 78.9 Å². The summed E-state index contributed by atoms with van der Waals surface area (Å²) in [7, 11) is 0. The van der Waals surface area contributed by atoms with Crippen molar-refractivity contribution in [1.82, 2.24) is 0 Å². The van der Waals surface area contributed by atoms with Crippen molar-refractivity contribution in [2.24, 2.45) is 11.1 Å². The lowest BCUT2D eigenvalue weighted by atomic mass is 9.63. The molecule has 0 aliphatic heterocycles. The van der Waals surface area contributed by atoms with E-state index in [1.54, 1.807) is 0 Å². The van der Waals surface area contributed by atoms with Crippen LogP contribution in [0, 0.1) is 5.41 Å². The van der Waals surface area contributed by atoms with E-state index in [4.69, 9.17) is 5.73 Å². The van der Waals surface area contributed by atoms with Crippen LogP contribution < -0.4 is 5.73 Å². The Morgan fingerprint density at radius 1 is 1.58 bits per heavy atom. The van der Waals surface area contributed by atoms with Crippen LogP contribution in [0.3, 0.4) is 0 Å². The predicted octanol–water partition coefficient (Wildman–Crippen LogP) is 1.23. The predicted molar refractivity (Wildman–Crippen MR) is 54.3 cm³/mol. The molecule has 0 amide bonds. The second-order valence-corrected chi connectivity index (χ2v) is 5.52. The van der Waals surface area contributed by atoms with Gasteiger partial charge in [-0.05, 0) is 19.1 Å². The molecule has 72 valence electrons. The first-order chi connectivity index (χ1) is 5.45. The molecule has 0 radical (unpaired) electrons. The molecule has 3 heteroatoms. The van der Waals surface area contributed by atoms with E-state index in [2.05, 4.69) is 6.26 Å². The SMILES string of the molecule is CSC1CC(O)(C(C)(C)CN)C1. The molecule has 0 aromatic carbocycles. The average molecular weight is 189 g/mol. The first-order valence-electron chi connectivity index (χ1n) is 4.40. The summed E-state index contributed by atoms with van der Waals surface area (Å²) < 4.78 is 0. The summed E-state index contributed by atoms with van der Waals surface area (Å²) in [5.74, 6) is 0. The second-order valence-electron chi connectivity index (χ2n) is 4.39. The van der Waals surface area contributed by atoms with Gasteiger partial charge in [0.15, 0.2) is 0 Å².